The number of aliphatic hydroxyl groups is 4. The number of rotatable bonds is 15. The van der Waals surface area contributed by atoms with Gasteiger partial charge in [-0.3, -0.25) is 9.36 Å². The third-order valence-electron chi connectivity index (χ3n) is 5.61. The molecule has 2 heterocycles. The molecule has 7 N–H and O–H groups in total. The van der Waals surface area contributed by atoms with Gasteiger partial charge in [-0.05, 0) is 32.1 Å². The van der Waals surface area contributed by atoms with Crippen molar-refractivity contribution in [3.05, 3.63) is 0 Å². The third kappa shape index (κ3) is 10.2. The number of hydrogen-bond donors (Lipinski definition) is 7. The van der Waals surface area contributed by atoms with Crippen LogP contribution < -0.4 is 10.6 Å². The lowest BCUT2D eigenvalue weighted by atomic mass is 10.0. The first-order valence-electron chi connectivity index (χ1n) is 11.1. The maximum absolute atomic E-state index is 12.2. The van der Waals surface area contributed by atoms with Crippen LogP contribution in [0.25, 0.3) is 0 Å². The Kier molecular flexibility index (Phi) is 12.9. The number of carbonyl (C=O) groups is 1. The predicted molar refractivity (Wildman–Crippen MR) is 126 cm³/mol. The number of aliphatic hydroxyl groups excluding tert-OH is 4. The van der Waals surface area contributed by atoms with Crippen LogP contribution in [0.1, 0.15) is 44.9 Å². The van der Waals surface area contributed by atoms with Crippen LogP contribution in [0.3, 0.4) is 0 Å². The van der Waals surface area contributed by atoms with E-state index < -0.39 is 44.2 Å². The predicted octanol–water partition coefficient (Wildman–Crippen LogP) is 0.214. The zero-order valence-electron chi connectivity index (χ0n) is 18.2. The van der Waals surface area contributed by atoms with Crippen molar-refractivity contribution in [3.8, 4) is 0 Å². The average molecular weight is 517 g/mol. The molecule has 2 fully saturated rings. The molecule has 0 aromatic heterocycles. The summed E-state index contributed by atoms with van der Waals surface area (Å²) in [6.45, 7) is -0.0656. The van der Waals surface area contributed by atoms with E-state index in [1.165, 1.54) is 12.2 Å². The topological polar surface area (TPSA) is 169 Å². The van der Waals surface area contributed by atoms with Gasteiger partial charge in [0.2, 0.25) is 5.91 Å². The fourth-order valence-corrected chi connectivity index (χ4v) is 8.05. The van der Waals surface area contributed by atoms with Crippen LogP contribution >= 0.6 is 29.2 Å². The Balaban J connectivity index is 1.52. The van der Waals surface area contributed by atoms with Crippen molar-refractivity contribution < 1.29 is 39.2 Å². The first kappa shape index (κ1) is 28.4. The molecular formula is C19H37N2O8PS2. The Morgan fingerprint density at radius 2 is 1.97 bits per heavy atom. The molecule has 2 unspecified atom stereocenters. The van der Waals surface area contributed by atoms with E-state index in [9.17, 15) is 29.6 Å². The molecule has 2 saturated heterocycles. The summed E-state index contributed by atoms with van der Waals surface area (Å²) in [5.41, 5.74) is 0. The van der Waals surface area contributed by atoms with E-state index >= 15 is 0 Å². The van der Waals surface area contributed by atoms with E-state index in [0.717, 1.165) is 24.5 Å². The molecule has 1 amide bonds. The van der Waals surface area contributed by atoms with Crippen molar-refractivity contribution in [1.82, 2.24) is 10.6 Å². The van der Waals surface area contributed by atoms with Gasteiger partial charge in [-0.15, -0.1) is 0 Å². The Bertz CT molecular complexity index is 614. The van der Waals surface area contributed by atoms with Crippen molar-refractivity contribution in [3.63, 3.8) is 0 Å². The average Bonchev–Trinajstić information content (AvgIpc) is 3.34. The summed E-state index contributed by atoms with van der Waals surface area (Å²) in [6, 6.07) is -1.41. The lowest BCUT2D eigenvalue weighted by molar-refractivity contribution is -0.121. The summed E-state index contributed by atoms with van der Waals surface area (Å²) in [5, 5.41) is 45.2. The molecule has 188 valence electrons. The summed E-state index contributed by atoms with van der Waals surface area (Å²) >= 11 is 0. The fraction of sp³-hybridized carbons (Fsp3) is 0.947. The smallest absolute Gasteiger partial charge is 0.330 e. The number of unbranched alkanes of at least 4 members (excludes halogenated alkanes) is 1. The van der Waals surface area contributed by atoms with E-state index in [2.05, 4.69) is 10.6 Å². The maximum Gasteiger partial charge on any atom is 0.330 e. The van der Waals surface area contributed by atoms with Gasteiger partial charge in [0.05, 0.1) is 43.7 Å². The maximum atomic E-state index is 12.2. The SMILES string of the molecule is O=C(CCCCC1CCSS1)NCCCOP(=O)(O)C[C@H](O)C[C@H]1N[C@H](CO)[C@@H](O)[C@@H]1O. The van der Waals surface area contributed by atoms with E-state index in [-0.39, 0.29) is 25.5 Å². The molecule has 2 rings (SSSR count). The molecule has 0 saturated carbocycles. The molecule has 10 nitrogen and oxygen atoms in total. The van der Waals surface area contributed by atoms with Gasteiger partial charge in [-0.1, -0.05) is 28.0 Å². The van der Waals surface area contributed by atoms with Gasteiger partial charge in [0, 0.05) is 30.0 Å². The Hall–Kier alpha value is 0.120. The highest BCUT2D eigenvalue weighted by molar-refractivity contribution is 8.77. The van der Waals surface area contributed by atoms with E-state index in [1.807, 2.05) is 21.6 Å². The quantitative estimate of drug-likeness (QED) is 0.0903. The fourth-order valence-electron chi connectivity index (χ4n) is 3.82. The molecule has 32 heavy (non-hydrogen) atoms. The van der Waals surface area contributed by atoms with Crippen LogP contribution in [0.15, 0.2) is 0 Å². The van der Waals surface area contributed by atoms with Gasteiger partial charge in [-0.2, -0.15) is 0 Å². The van der Waals surface area contributed by atoms with Gasteiger partial charge in [-0.25, -0.2) is 0 Å². The minimum absolute atomic E-state index is 0.0348. The Labute approximate surface area is 197 Å². The number of amides is 1. The molecule has 13 heteroatoms. The van der Waals surface area contributed by atoms with Crippen molar-refractivity contribution in [2.24, 2.45) is 0 Å². The van der Waals surface area contributed by atoms with Crippen LogP contribution in [0.4, 0.5) is 0 Å². The molecule has 0 aromatic rings. The molecule has 0 bridgehead atoms. The zero-order valence-corrected chi connectivity index (χ0v) is 20.7. The van der Waals surface area contributed by atoms with Crippen molar-refractivity contribution >= 4 is 35.1 Å². The van der Waals surface area contributed by atoms with Crippen LogP contribution in [0.5, 0.6) is 0 Å². The second-order valence-electron chi connectivity index (χ2n) is 8.36. The number of hydrogen-bond acceptors (Lipinski definition) is 10. The first-order valence-corrected chi connectivity index (χ1v) is 15.3. The van der Waals surface area contributed by atoms with E-state index in [0.29, 0.717) is 19.4 Å². The monoisotopic (exact) mass is 516 g/mol. The zero-order chi connectivity index (χ0) is 23.6. The molecule has 0 aliphatic carbocycles. The van der Waals surface area contributed by atoms with Crippen molar-refractivity contribution in [2.75, 3.05) is 31.7 Å². The van der Waals surface area contributed by atoms with Crippen LogP contribution in [0, 0.1) is 0 Å². The number of nitrogens with one attached hydrogen (secondary N) is 2. The van der Waals surface area contributed by atoms with Crippen LogP contribution in [-0.2, 0) is 13.9 Å². The molecule has 0 aromatic carbocycles. The summed E-state index contributed by atoms with van der Waals surface area (Å²) in [5.74, 6) is 1.18. The normalized spacial score (nSPS) is 30.8. The second-order valence-corrected chi connectivity index (χ2v) is 13.1. The lowest BCUT2D eigenvalue weighted by Gasteiger charge is -2.21. The van der Waals surface area contributed by atoms with Gasteiger partial charge in [0.25, 0.3) is 0 Å². The number of carbonyl (C=O) groups excluding carboxylic acids is 1. The standard InChI is InChI=1S/C19H37N2O8PS2/c22-11-16-19(26)18(25)15(21-16)10-13(23)12-30(27,28)29-8-3-7-20-17(24)5-2-1-4-14-6-9-31-32-14/h13-16,18-19,21-23,25-26H,1-12H2,(H,20,24)(H,27,28)/t13-,14?,15-,16-,18-,19-/m1/s1. The highest BCUT2D eigenvalue weighted by Gasteiger charge is 2.41. The summed E-state index contributed by atoms with van der Waals surface area (Å²) in [4.78, 5) is 21.8. The second kappa shape index (κ2) is 14.5. The minimum atomic E-state index is -4.05. The van der Waals surface area contributed by atoms with Gasteiger partial charge in [0.15, 0.2) is 0 Å². The summed E-state index contributed by atoms with van der Waals surface area (Å²) < 4.78 is 17.2. The van der Waals surface area contributed by atoms with E-state index in [4.69, 9.17) is 9.63 Å². The van der Waals surface area contributed by atoms with Crippen molar-refractivity contribution in [1.29, 1.82) is 0 Å². The third-order valence-corrected chi connectivity index (χ3v) is 10.1. The lowest BCUT2D eigenvalue weighted by Crippen LogP contribution is -2.38. The van der Waals surface area contributed by atoms with Gasteiger partial charge >= 0.3 is 7.60 Å². The first-order chi connectivity index (χ1) is 15.2. The Morgan fingerprint density at radius 1 is 1.22 bits per heavy atom. The largest absolute Gasteiger partial charge is 0.395 e. The molecule has 2 aliphatic heterocycles. The highest BCUT2D eigenvalue weighted by atomic mass is 33.1. The van der Waals surface area contributed by atoms with E-state index in [1.54, 1.807) is 0 Å². The molecule has 2 aliphatic rings. The highest BCUT2D eigenvalue weighted by Crippen LogP contribution is 2.43. The molecule has 0 spiro atoms. The molecule has 7 atom stereocenters. The summed E-state index contributed by atoms with van der Waals surface area (Å²) in [6.07, 6.45) is 0.960. The minimum Gasteiger partial charge on any atom is -0.395 e. The molecular weight excluding hydrogens is 479 g/mol. The Morgan fingerprint density at radius 3 is 2.62 bits per heavy atom. The van der Waals surface area contributed by atoms with Crippen molar-refractivity contribution in [2.45, 2.75) is 80.6 Å². The summed E-state index contributed by atoms with van der Waals surface area (Å²) in [7, 11) is -0.184. The van der Waals surface area contributed by atoms with Gasteiger partial charge in [0.1, 0.15) is 0 Å². The van der Waals surface area contributed by atoms with Crippen LogP contribution in [-0.4, -0.2) is 98.5 Å². The molecule has 0 radical (unpaired) electrons. The van der Waals surface area contributed by atoms with Crippen LogP contribution in [0.2, 0.25) is 0 Å². The van der Waals surface area contributed by atoms with Gasteiger partial charge < -0.3 is 40.5 Å².